The molecule has 2 atom stereocenters. The fourth-order valence-corrected chi connectivity index (χ4v) is 4.40. The van der Waals surface area contributed by atoms with Gasteiger partial charge < -0.3 is 16.0 Å². The summed E-state index contributed by atoms with van der Waals surface area (Å²) in [6.45, 7) is 9.84. The molecule has 1 aliphatic heterocycles. The van der Waals surface area contributed by atoms with Crippen molar-refractivity contribution >= 4 is 53.3 Å². The van der Waals surface area contributed by atoms with Crippen LogP contribution in [-0.4, -0.2) is 46.9 Å². The second kappa shape index (κ2) is 12.0. The van der Waals surface area contributed by atoms with Crippen molar-refractivity contribution in [1.82, 2.24) is 20.6 Å². The summed E-state index contributed by atoms with van der Waals surface area (Å²) in [5, 5.41) is 11.3. The van der Waals surface area contributed by atoms with Crippen molar-refractivity contribution in [3.8, 4) is 0 Å². The Labute approximate surface area is 215 Å². The van der Waals surface area contributed by atoms with E-state index in [0.29, 0.717) is 12.6 Å². The van der Waals surface area contributed by atoms with Crippen molar-refractivity contribution in [2.24, 2.45) is 10.4 Å². The maximum atomic E-state index is 12.8. The van der Waals surface area contributed by atoms with Gasteiger partial charge in [0.25, 0.3) is 5.91 Å². The number of rotatable bonds is 5. The van der Waals surface area contributed by atoms with E-state index in [1.165, 1.54) is 12.8 Å². The number of aromatic nitrogens is 2. The van der Waals surface area contributed by atoms with E-state index in [2.05, 4.69) is 59.7 Å². The molecule has 0 bridgehead atoms. The third kappa shape index (κ3) is 7.19. The van der Waals surface area contributed by atoms with E-state index >= 15 is 0 Å². The smallest absolute Gasteiger partial charge is 0.289 e. The zero-order chi connectivity index (χ0) is 22.7. The number of benzene rings is 1. The second-order valence-electron chi connectivity index (χ2n) is 10.4. The maximum absolute atomic E-state index is 12.8. The molecule has 3 N–H and O–H groups in total. The van der Waals surface area contributed by atoms with Gasteiger partial charge in [0.05, 0.1) is 11.4 Å². The average Bonchev–Trinajstić information content (AvgIpc) is 3.26. The van der Waals surface area contributed by atoms with Crippen molar-refractivity contribution in [2.75, 3.05) is 18.4 Å². The standard InChI is InChI=1S/C25H36N6O.2ClH/c1-16-11-12-18-17(14-16)22(31-23(29-18)24(32)27-15-25(2,3)4)30-20-9-6-5-8-19(20)28-21-10-7-13-26-21;;/h11-12,14,19-20H,5-10,13,15H2,1-4H3,(H,26,28)(H,27,32)(H,29,30,31);2*1H/t19-,20+;;/m1../s1. The van der Waals surface area contributed by atoms with Gasteiger partial charge in [0, 0.05) is 37.0 Å². The summed E-state index contributed by atoms with van der Waals surface area (Å²) in [5.74, 6) is 1.86. The van der Waals surface area contributed by atoms with Gasteiger partial charge in [-0.15, -0.1) is 24.8 Å². The van der Waals surface area contributed by atoms with Gasteiger partial charge in [-0.25, -0.2) is 9.97 Å². The summed E-state index contributed by atoms with van der Waals surface area (Å²) in [5.41, 5.74) is 1.93. The number of amidine groups is 1. The Balaban J connectivity index is 0.00000204. The number of hydrogen-bond donors (Lipinski definition) is 3. The predicted octanol–water partition coefficient (Wildman–Crippen LogP) is 5.06. The van der Waals surface area contributed by atoms with Crippen LogP contribution in [0.2, 0.25) is 0 Å². The molecule has 2 heterocycles. The van der Waals surface area contributed by atoms with Crippen LogP contribution in [0.25, 0.3) is 10.9 Å². The lowest BCUT2D eigenvalue weighted by Crippen LogP contribution is -2.48. The first-order valence-corrected chi connectivity index (χ1v) is 11.9. The molecule has 4 rings (SSSR count). The summed E-state index contributed by atoms with van der Waals surface area (Å²) >= 11 is 0. The molecule has 1 aromatic heterocycles. The van der Waals surface area contributed by atoms with Gasteiger partial charge in [0.15, 0.2) is 0 Å². The van der Waals surface area contributed by atoms with Crippen LogP contribution in [-0.2, 0) is 0 Å². The molecule has 0 spiro atoms. The van der Waals surface area contributed by atoms with Gasteiger partial charge in [-0.3, -0.25) is 9.79 Å². The van der Waals surface area contributed by atoms with Crippen LogP contribution < -0.4 is 16.0 Å². The molecule has 7 nitrogen and oxygen atoms in total. The zero-order valence-electron chi connectivity index (χ0n) is 20.6. The minimum absolute atomic E-state index is 0. The maximum Gasteiger partial charge on any atom is 0.289 e. The molecule has 34 heavy (non-hydrogen) atoms. The average molecular weight is 510 g/mol. The van der Waals surface area contributed by atoms with Crippen molar-refractivity contribution < 1.29 is 4.79 Å². The molecular weight excluding hydrogens is 471 g/mol. The lowest BCUT2D eigenvalue weighted by Gasteiger charge is -2.34. The Kier molecular flexibility index (Phi) is 9.95. The molecular formula is C25H38Cl2N6O. The van der Waals surface area contributed by atoms with E-state index in [9.17, 15) is 4.79 Å². The number of aryl methyl sites for hydroxylation is 1. The molecule has 1 fully saturated rings. The molecule has 2 aliphatic rings. The van der Waals surface area contributed by atoms with Crippen molar-refractivity contribution in [2.45, 2.75) is 78.3 Å². The van der Waals surface area contributed by atoms with Gasteiger partial charge in [-0.05, 0) is 43.7 Å². The normalized spacial score (nSPS) is 20.1. The zero-order valence-corrected chi connectivity index (χ0v) is 22.2. The molecule has 1 aromatic carbocycles. The Morgan fingerprint density at radius 3 is 2.38 bits per heavy atom. The van der Waals surface area contributed by atoms with Crippen LogP contribution in [0.3, 0.4) is 0 Å². The SMILES string of the molecule is Cc1ccc2nc(C(=O)NCC(C)(C)C)nc(N[C@H]3CCCC[C@H]3NC3=NCCC3)c2c1.Cl.Cl. The van der Waals surface area contributed by atoms with Crippen LogP contribution in [0.1, 0.15) is 75.5 Å². The molecule has 0 saturated heterocycles. The molecule has 1 saturated carbocycles. The van der Waals surface area contributed by atoms with E-state index in [1.54, 1.807) is 0 Å². The van der Waals surface area contributed by atoms with Crippen LogP contribution in [0.4, 0.5) is 5.82 Å². The number of carbonyl (C=O) groups excluding carboxylic acids is 1. The lowest BCUT2D eigenvalue weighted by molar-refractivity contribution is 0.0929. The summed E-state index contributed by atoms with van der Waals surface area (Å²) in [6.07, 6.45) is 6.74. The number of nitrogens with one attached hydrogen (secondary N) is 3. The van der Waals surface area contributed by atoms with Gasteiger partial charge >= 0.3 is 0 Å². The highest BCUT2D eigenvalue weighted by atomic mass is 35.5. The third-order valence-electron chi connectivity index (χ3n) is 6.15. The van der Waals surface area contributed by atoms with Crippen LogP contribution in [0.5, 0.6) is 0 Å². The molecule has 0 radical (unpaired) electrons. The van der Waals surface area contributed by atoms with E-state index in [4.69, 9.17) is 4.98 Å². The fourth-order valence-electron chi connectivity index (χ4n) is 4.40. The minimum atomic E-state index is -0.232. The first-order chi connectivity index (χ1) is 15.3. The number of nitrogens with zero attached hydrogens (tertiary/aromatic N) is 3. The van der Waals surface area contributed by atoms with E-state index in [-0.39, 0.29) is 48.0 Å². The van der Waals surface area contributed by atoms with Crippen molar-refractivity contribution in [3.63, 3.8) is 0 Å². The highest BCUT2D eigenvalue weighted by molar-refractivity contribution is 5.96. The van der Waals surface area contributed by atoms with Crippen LogP contribution >= 0.6 is 24.8 Å². The van der Waals surface area contributed by atoms with Crippen molar-refractivity contribution in [3.05, 3.63) is 29.6 Å². The summed E-state index contributed by atoms with van der Waals surface area (Å²) in [6, 6.07) is 6.65. The first kappa shape index (κ1) is 28.1. The van der Waals surface area contributed by atoms with Crippen LogP contribution in [0, 0.1) is 12.3 Å². The third-order valence-corrected chi connectivity index (χ3v) is 6.15. The van der Waals surface area contributed by atoms with Gasteiger partial charge in [0.2, 0.25) is 5.82 Å². The summed E-state index contributed by atoms with van der Waals surface area (Å²) in [4.78, 5) is 26.7. The Bertz CT molecular complexity index is 1020. The van der Waals surface area contributed by atoms with Crippen molar-refractivity contribution in [1.29, 1.82) is 0 Å². The number of anilines is 1. The molecule has 0 unspecified atom stereocenters. The molecule has 1 amide bonds. The van der Waals surface area contributed by atoms with Gasteiger partial charge in [-0.1, -0.05) is 45.2 Å². The molecule has 9 heteroatoms. The summed E-state index contributed by atoms with van der Waals surface area (Å²) in [7, 11) is 0. The molecule has 188 valence electrons. The van der Waals surface area contributed by atoms with E-state index in [1.807, 2.05) is 12.1 Å². The number of carbonyl (C=O) groups is 1. The Morgan fingerprint density at radius 2 is 1.74 bits per heavy atom. The number of aliphatic imine (C=N–C) groups is 1. The minimum Gasteiger partial charge on any atom is -0.369 e. The number of hydrogen-bond acceptors (Lipinski definition) is 6. The fraction of sp³-hybridized carbons (Fsp3) is 0.600. The Hall–Kier alpha value is -2.12. The highest BCUT2D eigenvalue weighted by Crippen LogP contribution is 2.27. The topological polar surface area (TPSA) is 91.3 Å². The quantitative estimate of drug-likeness (QED) is 0.524. The molecule has 2 aromatic rings. The van der Waals surface area contributed by atoms with Gasteiger partial charge in [0.1, 0.15) is 5.82 Å². The molecule has 1 aliphatic carbocycles. The first-order valence-electron chi connectivity index (χ1n) is 11.9. The largest absolute Gasteiger partial charge is 0.369 e. The number of halogens is 2. The lowest BCUT2D eigenvalue weighted by atomic mass is 9.90. The Morgan fingerprint density at radius 1 is 1.03 bits per heavy atom. The van der Waals surface area contributed by atoms with Gasteiger partial charge in [-0.2, -0.15) is 0 Å². The number of amides is 1. The second-order valence-corrected chi connectivity index (χ2v) is 10.4. The predicted molar refractivity (Wildman–Crippen MR) is 145 cm³/mol. The number of fused-ring (bicyclic) bond motifs is 1. The van der Waals surface area contributed by atoms with Crippen LogP contribution in [0.15, 0.2) is 23.2 Å². The van der Waals surface area contributed by atoms with E-state index < -0.39 is 0 Å². The monoisotopic (exact) mass is 508 g/mol. The van der Waals surface area contributed by atoms with E-state index in [0.717, 1.165) is 60.3 Å². The highest BCUT2D eigenvalue weighted by Gasteiger charge is 2.28. The summed E-state index contributed by atoms with van der Waals surface area (Å²) < 4.78 is 0.